The molecule has 0 saturated carbocycles. The van der Waals surface area contributed by atoms with Crippen LogP contribution in [0.4, 0.5) is 0 Å². The third kappa shape index (κ3) is 44.1. The van der Waals surface area contributed by atoms with Crippen molar-refractivity contribution >= 4 is 17.1 Å². The number of nitrogens with zero attached hydrogens (tertiary/aromatic N) is 2. The first-order valence-corrected chi connectivity index (χ1v) is 33.5. The molecule has 0 spiro atoms. The maximum absolute atomic E-state index is 6.66. The third-order valence-corrected chi connectivity index (χ3v) is 18.6. The van der Waals surface area contributed by atoms with Gasteiger partial charge in [-0.3, -0.25) is 0 Å². The molecule has 0 bridgehead atoms. The van der Waals surface area contributed by atoms with Crippen LogP contribution in [-0.4, -0.2) is 92.6 Å². The summed E-state index contributed by atoms with van der Waals surface area (Å²) in [6.07, 6.45) is 54.4. The molecule has 0 aliphatic heterocycles. The number of allylic oxidation sites excluding steroid dienone is 8. The van der Waals surface area contributed by atoms with Crippen molar-refractivity contribution in [1.29, 1.82) is 0 Å². The minimum absolute atomic E-state index is 0.825. The molecule has 0 aliphatic carbocycles. The van der Waals surface area contributed by atoms with Gasteiger partial charge in [-0.1, -0.05) is 154 Å². The highest BCUT2D eigenvalue weighted by Gasteiger charge is 2.32. The van der Waals surface area contributed by atoms with Crippen LogP contribution in [0.5, 0.6) is 0 Å². The van der Waals surface area contributed by atoms with Gasteiger partial charge < -0.3 is 27.5 Å². The Kier molecular flexibility index (Phi) is 48.9. The lowest BCUT2D eigenvalue weighted by molar-refractivity contribution is 0.168. The Morgan fingerprint density at radius 3 is 0.785 bits per heavy atom. The van der Waals surface area contributed by atoms with E-state index in [2.05, 4.69) is 113 Å². The molecule has 0 aromatic rings. The third-order valence-electron chi connectivity index (χ3n) is 12.8. The highest BCUT2D eigenvalue weighted by atomic mass is 28.4. The minimum atomic E-state index is -2.20. The second-order valence-electron chi connectivity index (χ2n) is 19.2. The molecule has 0 saturated heterocycles. The molecule has 384 valence electrons. The molecular formula is C57H114N2O4Si2. The van der Waals surface area contributed by atoms with Crippen molar-refractivity contribution in [3.8, 4) is 0 Å². The monoisotopic (exact) mass is 947 g/mol. The molecule has 0 heterocycles. The maximum atomic E-state index is 6.66. The fraction of sp³-hybridized carbons (Fsp3) is 0.860. The average Bonchev–Trinajstić information content (AvgIpc) is 3.31. The standard InChI is InChI=1S/C57H114N2O4Si2/c1-9-15-19-23-27-31-35-41-52-60-64(7,61-53-42-36-32-28-24-20-16-10-2)56-45-39-48-58(13-5)50-47-51-59(14-6)49-40-46-57-65(8,62-54-43-37-33-29-25-21-17-11-3)63-55-44-38-34-30-26-22-18-12-4/h27-34H,9-26,35-57H2,1-8H3/b31-27-,32-28-,33-29-,34-30-. The molecule has 0 unspecified atom stereocenters. The van der Waals surface area contributed by atoms with Gasteiger partial charge in [-0.05, 0) is 186 Å². The Labute approximate surface area is 410 Å². The zero-order valence-corrected chi connectivity index (χ0v) is 47.1. The van der Waals surface area contributed by atoms with Crippen LogP contribution in [0.3, 0.4) is 0 Å². The van der Waals surface area contributed by atoms with Crippen LogP contribution >= 0.6 is 0 Å². The summed E-state index contributed by atoms with van der Waals surface area (Å²) in [5.41, 5.74) is 0. The van der Waals surface area contributed by atoms with E-state index in [1.165, 1.54) is 161 Å². The van der Waals surface area contributed by atoms with Crippen LogP contribution < -0.4 is 0 Å². The van der Waals surface area contributed by atoms with Crippen LogP contribution in [0.1, 0.15) is 228 Å². The van der Waals surface area contributed by atoms with E-state index in [0.29, 0.717) is 0 Å². The average molecular weight is 948 g/mol. The summed E-state index contributed by atoms with van der Waals surface area (Å²) in [4.78, 5) is 5.34. The summed E-state index contributed by atoms with van der Waals surface area (Å²) in [6, 6.07) is 2.19. The van der Waals surface area contributed by atoms with Gasteiger partial charge in [0, 0.05) is 26.4 Å². The second kappa shape index (κ2) is 49.6. The van der Waals surface area contributed by atoms with Crippen molar-refractivity contribution in [3.63, 3.8) is 0 Å². The fourth-order valence-electron chi connectivity index (χ4n) is 8.26. The normalized spacial score (nSPS) is 13.0. The Balaban J connectivity index is 4.84. The molecule has 0 aliphatic rings. The summed E-state index contributed by atoms with van der Waals surface area (Å²) in [6.45, 7) is 28.7. The van der Waals surface area contributed by atoms with E-state index in [1.54, 1.807) is 0 Å². The first-order valence-electron chi connectivity index (χ1n) is 28.4. The van der Waals surface area contributed by atoms with Gasteiger partial charge in [-0.15, -0.1) is 0 Å². The molecule has 0 N–H and O–H groups in total. The van der Waals surface area contributed by atoms with Crippen LogP contribution in [0.15, 0.2) is 48.6 Å². The zero-order chi connectivity index (χ0) is 47.6. The van der Waals surface area contributed by atoms with Gasteiger partial charge in [-0.25, -0.2) is 0 Å². The van der Waals surface area contributed by atoms with Crippen molar-refractivity contribution in [3.05, 3.63) is 48.6 Å². The molecular weight excluding hydrogens is 833 g/mol. The molecule has 0 rings (SSSR count). The predicted molar refractivity (Wildman–Crippen MR) is 294 cm³/mol. The summed E-state index contributed by atoms with van der Waals surface area (Å²) in [5, 5.41) is 0. The van der Waals surface area contributed by atoms with Crippen molar-refractivity contribution in [2.75, 3.05) is 65.7 Å². The van der Waals surface area contributed by atoms with Crippen molar-refractivity contribution in [2.45, 2.75) is 253 Å². The highest BCUT2D eigenvalue weighted by Crippen LogP contribution is 2.21. The zero-order valence-electron chi connectivity index (χ0n) is 45.1. The van der Waals surface area contributed by atoms with E-state index >= 15 is 0 Å². The molecule has 0 aromatic heterocycles. The summed E-state index contributed by atoms with van der Waals surface area (Å²) >= 11 is 0. The Hall–Kier alpha value is -0.846. The van der Waals surface area contributed by atoms with Crippen LogP contribution in [-0.2, 0) is 17.7 Å². The largest absolute Gasteiger partial charge is 0.394 e. The van der Waals surface area contributed by atoms with E-state index in [9.17, 15) is 0 Å². The number of rotatable bonds is 52. The SMILES string of the molecule is CCCCC/C=C\CCCO[Si](C)(CCCCN(CC)CCCN(CC)CCCC[Si](C)(OCCC/C=C\CCCCC)OCCC/C=C\CCCCC)OCCC/C=C\CCCCC. The molecule has 0 radical (unpaired) electrons. The van der Waals surface area contributed by atoms with Crippen molar-refractivity contribution in [2.24, 2.45) is 0 Å². The number of unbranched alkanes of at least 4 members (excludes halogenated alkanes) is 18. The van der Waals surface area contributed by atoms with Gasteiger partial charge in [0.15, 0.2) is 0 Å². The topological polar surface area (TPSA) is 43.4 Å². The molecule has 8 heteroatoms. The van der Waals surface area contributed by atoms with E-state index in [1.807, 2.05) is 0 Å². The predicted octanol–water partition coefficient (Wildman–Crippen LogP) is 17.5. The minimum Gasteiger partial charge on any atom is -0.394 e. The van der Waals surface area contributed by atoms with Gasteiger partial charge >= 0.3 is 17.1 Å². The van der Waals surface area contributed by atoms with Crippen LogP contribution in [0.2, 0.25) is 25.2 Å². The maximum Gasteiger partial charge on any atom is 0.334 e. The van der Waals surface area contributed by atoms with Gasteiger partial charge in [0.25, 0.3) is 0 Å². The lowest BCUT2D eigenvalue weighted by Crippen LogP contribution is -2.39. The van der Waals surface area contributed by atoms with E-state index in [-0.39, 0.29) is 0 Å². The van der Waals surface area contributed by atoms with E-state index in [0.717, 1.165) is 103 Å². The molecule has 0 aromatic carbocycles. The number of hydrogen-bond acceptors (Lipinski definition) is 6. The Bertz CT molecular complexity index is 947. The Morgan fingerprint density at radius 2 is 0.538 bits per heavy atom. The Morgan fingerprint density at radius 1 is 0.292 bits per heavy atom. The van der Waals surface area contributed by atoms with Crippen LogP contribution in [0, 0.1) is 0 Å². The van der Waals surface area contributed by atoms with Gasteiger partial charge in [0.2, 0.25) is 0 Å². The molecule has 0 fully saturated rings. The first kappa shape index (κ1) is 64.2. The van der Waals surface area contributed by atoms with Crippen molar-refractivity contribution < 1.29 is 17.7 Å². The molecule has 6 nitrogen and oxygen atoms in total. The molecule has 0 amide bonds. The molecule has 65 heavy (non-hydrogen) atoms. The molecule has 0 atom stereocenters. The van der Waals surface area contributed by atoms with Gasteiger partial charge in [0.05, 0.1) is 0 Å². The van der Waals surface area contributed by atoms with Gasteiger partial charge in [-0.2, -0.15) is 0 Å². The smallest absolute Gasteiger partial charge is 0.334 e. The van der Waals surface area contributed by atoms with Gasteiger partial charge in [0.1, 0.15) is 0 Å². The quantitative estimate of drug-likeness (QED) is 0.0344. The van der Waals surface area contributed by atoms with E-state index < -0.39 is 17.1 Å². The lowest BCUT2D eigenvalue weighted by Gasteiger charge is -2.28. The van der Waals surface area contributed by atoms with E-state index in [4.69, 9.17) is 17.7 Å². The summed E-state index contributed by atoms with van der Waals surface area (Å²) < 4.78 is 26.6. The lowest BCUT2D eigenvalue weighted by atomic mass is 10.2. The van der Waals surface area contributed by atoms with Crippen molar-refractivity contribution in [1.82, 2.24) is 9.80 Å². The second-order valence-corrected chi connectivity index (χ2v) is 25.9. The number of hydrogen-bond donors (Lipinski definition) is 0. The fourth-order valence-corrected chi connectivity index (χ4v) is 13.1. The highest BCUT2D eigenvalue weighted by molar-refractivity contribution is 6.66. The summed E-state index contributed by atoms with van der Waals surface area (Å²) in [7, 11) is -4.41. The first-order chi connectivity index (χ1) is 31.8. The summed E-state index contributed by atoms with van der Waals surface area (Å²) in [5.74, 6) is 0. The van der Waals surface area contributed by atoms with Crippen LogP contribution in [0.25, 0.3) is 0 Å².